The number of aryl methyl sites for hydroxylation is 1. The van der Waals surface area contributed by atoms with Crippen LogP contribution in [-0.2, 0) is 4.79 Å². The van der Waals surface area contributed by atoms with Crippen LogP contribution in [0.15, 0.2) is 23.4 Å². The summed E-state index contributed by atoms with van der Waals surface area (Å²) in [6, 6.07) is 3.80. The Bertz CT molecular complexity index is 352. The highest BCUT2D eigenvalue weighted by Crippen LogP contribution is 2.27. The van der Waals surface area contributed by atoms with Crippen molar-refractivity contribution in [2.24, 2.45) is 5.92 Å². The monoisotopic (exact) mass is 225 g/mol. The first-order valence-electron chi connectivity index (χ1n) is 4.83. The van der Waals surface area contributed by atoms with Gasteiger partial charge in [-0.3, -0.25) is 4.79 Å². The molecule has 1 aromatic heterocycles. The van der Waals surface area contributed by atoms with Gasteiger partial charge in [0.2, 0.25) is 0 Å². The fourth-order valence-electron chi connectivity index (χ4n) is 1.17. The lowest BCUT2D eigenvalue weighted by molar-refractivity contribution is -0.137. The van der Waals surface area contributed by atoms with E-state index in [1.54, 1.807) is 6.20 Å². The van der Waals surface area contributed by atoms with E-state index < -0.39 is 11.2 Å². The third-order valence-electron chi connectivity index (χ3n) is 1.99. The Morgan fingerprint density at radius 1 is 1.53 bits per heavy atom. The normalized spacial score (nSPS) is 12.8. The molecule has 0 bridgehead atoms. The number of carboxylic acids is 1. The summed E-state index contributed by atoms with van der Waals surface area (Å²) in [5.41, 5.74) is 1.10. The standard InChI is InChI=1S/C11H15NO2S/c1-7(2)10(11(13)14)15-9-6-8(3)4-5-12-9/h4-7,10H,1-3H3,(H,13,14). The molecule has 15 heavy (non-hydrogen) atoms. The minimum absolute atomic E-state index is 0.0924. The molecule has 0 aliphatic rings. The van der Waals surface area contributed by atoms with E-state index >= 15 is 0 Å². The minimum Gasteiger partial charge on any atom is -0.480 e. The van der Waals surface area contributed by atoms with Gasteiger partial charge in [-0.1, -0.05) is 25.6 Å². The van der Waals surface area contributed by atoms with Gasteiger partial charge in [-0.15, -0.1) is 0 Å². The summed E-state index contributed by atoms with van der Waals surface area (Å²) in [6.45, 7) is 5.78. The summed E-state index contributed by atoms with van der Waals surface area (Å²) in [6.07, 6.45) is 1.71. The van der Waals surface area contributed by atoms with Gasteiger partial charge in [-0.25, -0.2) is 4.98 Å². The third kappa shape index (κ3) is 3.55. The fraction of sp³-hybridized carbons (Fsp3) is 0.455. The highest BCUT2D eigenvalue weighted by atomic mass is 32.2. The highest BCUT2D eigenvalue weighted by molar-refractivity contribution is 8.00. The minimum atomic E-state index is -0.779. The topological polar surface area (TPSA) is 50.2 Å². The molecule has 1 rings (SSSR count). The lowest BCUT2D eigenvalue weighted by atomic mass is 10.1. The lowest BCUT2D eigenvalue weighted by Crippen LogP contribution is -2.22. The van der Waals surface area contributed by atoms with Gasteiger partial charge in [-0.05, 0) is 30.5 Å². The molecule has 0 aliphatic heterocycles. The first-order valence-corrected chi connectivity index (χ1v) is 5.71. The number of carboxylic acid groups (broad SMARTS) is 1. The van der Waals surface area contributed by atoms with Crippen molar-refractivity contribution < 1.29 is 9.90 Å². The molecule has 1 atom stereocenters. The zero-order valence-corrected chi connectivity index (χ0v) is 9.91. The Morgan fingerprint density at radius 2 is 2.20 bits per heavy atom. The van der Waals surface area contributed by atoms with Gasteiger partial charge in [0.25, 0.3) is 0 Å². The maximum Gasteiger partial charge on any atom is 0.317 e. The second kappa shape index (κ2) is 5.16. The molecule has 3 nitrogen and oxygen atoms in total. The van der Waals surface area contributed by atoms with Crippen molar-refractivity contribution in [3.8, 4) is 0 Å². The molecule has 4 heteroatoms. The fourth-order valence-corrected chi connectivity index (χ4v) is 2.18. The van der Waals surface area contributed by atoms with Gasteiger partial charge in [0.15, 0.2) is 0 Å². The van der Waals surface area contributed by atoms with Crippen molar-refractivity contribution in [1.29, 1.82) is 0 Å². The summed E-state index contributed by atoms with van der Waals surface area (Å²) in [7, 11) is 0. The lowest BCUT2D eigenvalue weighted by Gasteiger charge is -2.14. The second-order valence-electron chi connectivity index (χ2n) is 3.79. The smallest absolute Gasteiger partial charge is 0.317 e. The van der Waals surface area contributed by atoms with Crippen LogP contribution < -0.4 is 0 Å². The van der Waals surface area contributed by atoms with E-state index in [2.05, 4.69) is 4.98 Å². The quantitative estimate of drug-likeness (QED) is 0.800. The number of hydrogen-bond acceptors (Lipinski definition) is 3. The number of aliphatic carboxylic acids is 1. The summed E-state index contributed by atoms with van der Waals surface area (Å²) in [5.74, 6) is -0.687. The molecule has 0 radical (unpaired) electrons. The zero-order chi connectivity index (χ0) is 11.4. The number of nitrogens with zero attached hydrogens (tertiary/aromatic N) is 1. The van der Waals surface area contributed by atoms with Crippen molar-refractivity contribution in [3.63, 3.8) is 0 Å². The Balaban J connectivity index is 2.79. The van der Waals surface area contributed by atoms with Crippen LogP contribution in [0.1, 0.15) is 19.4 Å². The van der Waals surface area contributed by atoms with Crippen LogP contribution in [0, 0.1) is 12.8 Å². The van der Waals surface area contributed by atoms with Crippen LogP contribution in [0.4, 0.5) is 0 Å². The molecule has 0 fully saturated rings. The van der Waals surface area contributed by atoms with Crippen molar-refractivity contribution in [2.45, 2.75) is 31.0 Å². The predicted molar refractivity (Wildman–Crippen MR) is 61.1 cm³/mol. The van der Waals surface area contributed by atoms with E-state index in [-0.39, 0.29) is 5.92 Å². The molecule has 82 valence electrons. The van der Waals surface area contributed by atoms with Crippen molar-refractivity contribution in [3.05, 3.63) is 23.9 Å². The molecule has 0 aliphatic carbocycles. The maximum absolute atomic E-state index is 11.0. The molecule has 1 aromatic rings. The van der Waals surface area contributed by atoms with E-state index in [4.69, 9.17) is 5.11 Å². The first kappa shape index (κ1) is 12.0. The molecular formula is C11H15NO2S. The SMILES string of the molecule is Cc1ccnc(SC(C(=O)O)C(C)C)c1. The maximum atomic E-state index is 11.0. The number of carbonyl (C=O) groups is 1. The summed E-state index contributed by atoms with van der Waals surface area (Å²) in [5, 5.41) is 9.37. The zero-order valence-electron chi connectivity index (χ0n) is 9.10. The first-order chi connectivity index (χ1) is 7.00. The van der Waals surface area contributed by atoms with Gasteiger partial charge in [0.1, 0.15) is 5.25 Å². The molecule has 0 saturated heterocycles. The highest BCUT2D eigenvalue weighted by Gasteiger charge is 2.23. The average molecular weight is 225 g/mol. The molecule has 0 saturated carbocycles. The molecule has 0 spiro atoms. The molecule has 1 N–H and O–H groups in total. The predicted octanol–water partition coefficient (Wildman–Crippen LogP) is 2.59. The number of aromatic nitrogens is 1. The van der Waals surface area contributed by atoms with Crippen LogP contribution in [0.2, 0.25) is 0 Å². The molecule has 0 aromatic carbocycles. The molecule has 1 unspecified atom stereocenters. The van der Waals surface area contributed by atoms with Crippen LogP contribution in [0.3, 0.4) is 0 Å². The number of rotatable bonds is 4. The van der Waals surface area contributed by atoms with Crippen molar-refractivity contribution >= 4 is 17.7 Å². The molecule has 0 amide bonds. The third-order valence-corrected chi connectivity index (χ3v) is 3.45. The summed E-state index contributed by atoms with van der Waals surface area (Å²) >= 11 is 1.31. The number of hydrogen-bond donors (Lipinski definition) is 1. The van der Waals surface area contributed by atoms with Gasteiger partial charge >= 0.3 is 5.97 Å². The van der Waals surface area contributed by atoms with E-state index in [1.165, 1.54) is 11.8 Å². The van der Waals surface area contributed by atoms with Crippen molar-refractivity contribution in [1.82, 2.24) is 4.98 Å². The largest absolute Gasteiger partial charge is 0.480 e. The summed E-state index contributed by atoms with van der Waals surface area (Å²) in [4.78, 5) is 15.1. The second-order valence-corrected chi connectivity index (χ2v) is 4.95. The molecular weight excluding hydrogens is 210 g/mol. The average Bonchev–Trinajstić information content (AvgIpc) is 2.13. The van der Waals surface area contributed by atoms with E-state index in [9.17, 15) is 4.79 Å². The Labute approximate surface area is 93.9 Å². The Hall–Kier alpha value is -1.03. The van der Waals surface area contributed by atoms with Gasteiger partial charge in [0.05, 0.1) is 5.03 Å². The van der Waals surface area contributed by atoms with Crippen molar-refractivity contribution in [2.75, 3.05) is 0 Å². The van der Waals surface area contributed by atoms with Gasteiger partial charge in [-0.2, -0.15) is 0 Å². The van der Waals surface area contributed by atoms with Gasteiger partial charge in [0, 0.05) is 6.20 Å². The van der Waals surface area contributed by atoms with Crippen LogP contribution >= 0.6 is 11.8 Å². The Morgan fingerprint density at radius 3 is 2.67 bits per heavy atom. The van der Waals surface area contributed by atoms with Gasteiger partial charge < -0.3 is 5.11 Å². The Kier molecular flexibility index (Phi) is 4.15. The molecule has 1 heterocycles. The summed E-state index contributed by atoms with van der Waals surface area (Å²) < 4.78 is 0. The number of pyridine rings is 1. The number of thioether (sulfide) groups is 1. The van der Waals surface area contributed by atoms with E-state index in [0.717, 1.165) is 10.6 Å². The van der Waals surface area contributed by atoms with E-state index in [1.807, 2.05) is 32.9 Å². The van der Waals surface area contributed by atoms with Crippen LogP contribution in [-0.4, -0.2) is 21.3 Å². The van der Waals surface area contributed by atoms with Crippen LogP contribution in [0.5, 0.6) is 0 Å². The van der Waals surface area contributed by atoms with E-state index in [0.29, 0.717) is 0 Å². The van der Waals surface area contributed by atoms with Crippen LogP contribution in [0.25, 0.3) is 0 Å².